The molecule has 2 aromatic rings. The zero-order chi connectivity index (χ0) is 21.6. The maximum Gasteiger partial charge on any atom is 0.418 e. The summed E-state index contributed by atoms with van der Waals surface area (Å²) in [5.74, 6) is -0.656. The zero-order valence-electron chi connectivity index (χ0n) is 17.1. The van der Waals surface area contributed by atoms with Gasteiger partial charge in [0.15, 0.2) is 5.82 Å². The van der Waals surface area contributed by atoms with Crippen LogP contribution in [0.1, 0.15) is 54.4 Å². The van der Waals surface area contributed by atoms with Gasteiger partial charge in [0, 0.05) is 25.7 Å². The van der Waals surface area contributed by atoms with Gasteiger partial charge in [0.25, 0.3) is 5.91 Å². The van der Waals surface area contributed by atoms with Crippen molar-refractivity contribution in [1.29, 1.82) is 0 Å². The Bertz CT molecular complexity index is 992. The van der Waals surface area contributed by atoms with Crippen molar-refractivity contribution in [2.75, 3.05) is 19.6 Å². The fourth-order valence-corrected chi connectivity index (χ4v) is 4.67. The van der Waals surface area contributed by atoms with Crippen LogP contribution >= 0.6 is 0 Å². The lowest BCUT2D eigenvalue weighted by molar-refractivity contribution is -0.137. The summed E-state index contributed by atoms with van der Waals surface area (Å²) in [7, 11) is 0. The quantitative estimate of drug-likeness (QED) is 0.759. The van der Waals surface area contributed by atoms with Crippen molar-refractivity contribution in [3.8, 4) is 0 Å². The van der Waals surface area contributed by atoms with Crippen molar-refractivity contribution >= 4 is 22.8 Å². The van der Waals surface area contributed by atoms with E-state index in [-0.39, 0.29) is 35.4 Å². The Morgan fingerprint density at radius 3 is 2.50 bits per heavy atom. The molecule has 2 amide bonds. The molecular weight excluding hydrogens is 397 g/mol. The van der Waals surface area contributed by atoms with E-state index in [1.54, 1.807) is 19.9 Å². The summed E-state index contributed by atoms with van der Waals surface area (Å²) in [5.41, 5.74) is -0.344. The van der Waals surface area contributed by atoms with Gasteiger partial charge in [0.05, 0.1) is 11.1 Å². The van der Waals surface area contributed by atoms with Crippen LogP contribution in [0, 0.1) is 6.92 Å². The summed E-state index contributed by atoms with van der Waals surface area (Å²) in [4.78, 5) is 33.2. The Kier molecular flexibility index (Phi) is 5.23. The van der Waals surface area contributed by atoms with E-state index in [1.165, 1.54) is 9.47 Å². The van der Waals surface area contributed by atoms with Gasteiger partial charge < -0.3 is 14.4 Å². The van der Waals surface area contributed by atoms with Crippen LogP contribution in [0.2, 0.25) is 0 Å². The first-order valence-corrected chi connectivity index (χ1v) is 10.4. The number of halogens is 3. The lowest BCUT2D eigenvalue weighted by Gasteiger charge is -2.37. The number of rotatable bonds is 3. The fourth-order valence-electron chi connectivity index (χ4n) is 4.67. The SMILES string of the molecule is CCn1c(C(=O)N2CCN(C3CCCC3)C(=O)C2)nc2c(C(F)(F)F)cc(C)cc21. The van der Waals surface area contributed by atoms with Crippen LogP contribution in [0.25, 0.3) is 11.0 Å². The molecule has 2 heterocycles. The van der Waals surface area contributed by atoms with E-state index in [2.05, 4.69) is 4.98 Å². The summed E-state index contributed by atoms with van der Waals surface area (Å²) in [6, 6.07) is 2.90. The molecule has 0 atom stereocenters. The highest BCUT2D eigenvalue weighted by Crippen LogP contribution is 2.36. The highest BCUT2D eigenvalue weighted by molar-refractivity contribution is 5.98. The molecule has 0 radical (unpaired) electrons. The number of amides is 2. The minimum atomic E-state index is -4.57. The van der Waals surface area contributed by atoms with Crippen molar-refractivity contribution in [2.24, 2.45) is 0 Å². The second-order valence-electron chi connectivity index (χ2n) is 8.11. The molecule has 0 unspecified atom stereocenters. The van der Waals surface area contributed by atoms with Gasteiger partial charge in [-0.25, -0.2) is 4.98 Å². The first-order valence-electron chi connectivity index (χ1n) is 10.4. The second-order valence-corrected chi connectivity index (χ2v) is 8.11. The molecule has 1 aliphatic heterocycles. The molecule has 0 spiro atoms. The average Bonchev–Trinajstić information content (AvgIpc) is 3.33. The predicted molar refractivity (Wildman–Crippen MR) is 105 cm³/mol. The Labute approximate surface area is 172 Å². The van der Waals surface area contributed by atoms with Crippen LogP contribution in [0.4, 0.5) is 13.2 Å². The normalized spacial score (nSPS) is 18.6. The van der Waals surface area contributed by atoms with Gasteiger partial charge in [-0.05, 0) is 44.4 Å². The van der Waals surface area contributed by atoms with Gasteiger partial charge in [-0.15, -0.1) is 0 Å². The van der Waals surface area contributed by atoms with Crippen LogP contribution < -0.4 is 0 Å². The standard InChI is InChI=1S/C21H25F3N4O2/c1-3-27-16-11-13(2)10-15(21(22,23)24)18(16)25-19(27)20(30)26-8-9-28(17(29)12-26)14-6-4-5-7-14/h10-11,14H,3-9,12H2,1-2H3. The van der Waals surface area contributed by atoms with E-state index in [1.807, 2.05) is 4.90 Å². The number of imidazole rings is 1. The molecule has 1 saturated heterocycles. The lowest BCUT2D eigenvalue weighted by Crippen LogP contribution is -2.55. The molecule has 30 heavy (non-hydrogen) atoms. The molecular formula is C21H25F3N4O2. The fraction of sp³-hybridized carbons (Fsp3) is 0.571. The molecule has 1 aromatic carbocycles. The number of carbonyl (C=O) groups excluding carboxylic acids is 2. The first kappa shape index (κ1) is 20.7. The number of benzene rings is 1. The largest absolute Gasteiger partial charge is 0.418 e. The van der Waals surface area contributed by atoms with E-state index in [0.29, 0.717) is 25.2 Å². The first-order chi connectivity index (χ1) is 14.2. The summed E-state index contributed by atoms with van der Waals surface area (Å²) < 4.78 is 42.1. The molecule has 9 heteroatoms. The molecule has 2 fully saturated rings. The number of aryl methyl sites for hydroxylation is 2. The number of hydrogen-bond acceptors (Lipinski definition) is 3. The van der Waals surface area contributed by atoms with Crippen LogP contribution in [0.5, 0.6) is 0 Å². The molecule has 162 valence electrons. The third-order valence-corrected chi connectivity index (χ3v) is 6.12. The van der Waals surface area contributed by atoms with Crippen molar-refractivity contribution in [3.63, 3.8) is 0 Å². The monoisotopic (exact) mass is 422 g/mol. The third kappa shape index (κ3) is 3.54. The van der Waals surface area contributed by atoms with Crippen molar-refractivity contribution in [3.05, 3.63) is 29.1 Å². The molecule has 1 aliphatic carbocycles. The number of piperazine rings is 1. The van der Waals surface area contributed by atoms with Gasteiger partial charge in [-0.1, -0.05) is 12.8 Å². The van der Waals surface area contributed by atoms with Gasteiger partial charge in [-0.2, -0.15) is 13.2 Å². The van der Waals surface area contributed by atoms with Crippen molar-refractivity contribution in [1.82, 2.24) is 19.4 Å². The number of fused-ring (bicyclic) bond motifs is 1. The van der Waals surface area contributed by atoms with Crippen molar-refractivity contribution in [2.45, 2.75) is 58.3 Å². The van der Waals surface area contributed by atoms with Crippen LogP contribution in [0.15, 0.2) is 12.1 Å². The van der Waals surface area contributed by atoms with E-state index < -0.39 is 17.6 Å². The molecule has 1 aromatic heterocycles. The minimum Gasteiger partial charge on any atom is -0.336 e. The molecule has 0 bridgehead atoms. The molecule has 2 aliphatic rings. The number of aromatic nitrogens is 2. The van der Waals surface area contributed by atoms with Gasteiger partial charge in [-0.3, -0.25) is 9.59 Å². The summed E-state index contributed by atoms with van der Waals surface area (Å²) in [5, 5.41) is 0. The molecule has 4 rings (SSSR count). The Hall–Kier alpha value is -2.58. The highest BCUT2D eigenvalue weighted by atomic mass is 19.4. The summed E-state index contributed by atoms with van der Waals surface area (Å²) in [6.07, 6.45) is -0.368. The van der Waals surface area contributed by atoms with Gasteiger partial charge >= 0.3 is 6.18 Å². The Morgan fingerprint density at radius 2 is 1.90 bits per heavy atom. The lowest BCUT2D eigenvalue weighted by atomic mass is 10.1. The summed E-state index contributed by atoms with van der Waals surface area (Å²) >= 11 is 0. The maximum atomic E-state index is 13.5. The average molecular weight is 422 g/mol. The number of alkyl halides is 3. The zero-order valence-corrected chi connectivity index (χ0v) is 17.1. The molecule has 6 nitrogen and oxygen atoms in total. The van der Waals surface area contributed by atoms with E-state index >= 15 is 0 Å². The smallest absolute Gasteiger partial charge is 0.336 e. The van der Waals surface area contributed by atoms with Gasteiger partial charge in [0.2, 0.25) is 5.91 Å². The summed E-state index contributed by atoms with van der Waals surface area (Å²) in [6.45, 7) is 4.40. The third-order valence-electron chi connectivity index (χ3n) is 6.12. The minimum absolute atomic E-state index is 0.0503. The number of nitrogens with zero attached hydrogens (tertiary/aromatic N) is 4. The van der Waals surface area contributed by atoms with Crippen LogP contribution in [0.3, 0.4) is 0 Å². The second kappa shape index (κ2) is 7.59. The van der Waals surface area contributed by atoms with Gasteiger partial charge in [0.1, 0.15) is 12.1 Å². The molecule has 0 N–H and O–H groups in total. The van der Waals surface area contributed by atoms with E-state index in [0.717, 1.165) is 31.7 Å². The van der Waals surface area contributed by atoms with Crippen LogP contribution in [-0.4, -0.2) is 56.8 Å². The Balaban J connectivity index is 1.66. The maximum absolute atomic E-state index is 13.5. The van der Waals surface area contributed by atoms with Crippen LogP contribution in [-0.2, 0) is 17.5 Å². The predicted octanol–water partition coefficient (Wildman–Crippen LogP) is 3.61. The van der Waals surface area contributed by atoms with E-state index in [4.69, 9.17) is 0 Å². The molecule has 1 saturated carbocycles. The Morgan fingerprint density at radius 1 is 1.20 bits per heavy atom. The topological polar surface area (TPSA) is 58.4 Å². The number of carbonyl (C=O) groups is 2. The number of hydrogen-bond donors (Lipinski definition) is 0. The van der Waals surface area contributed by atoms with Crippen molar-refractivity contribution < 1.29 is 22.8 Å². The highest BCUT2D eigenvalue weighted by Gasteiger charge is 2.37. The van der Waals surface area contributed by atoms with E-state index in [9.17, 15) is 22.8 Å².